The van der Waals surface area contributed by atoms with E-state index in [1.54, 1.807) is 6.20 Å². The van der Waals surface area contributed by atoms with Crippen LogP contribution in [-0.2, 0) is 6.54 Å². The molecule has 20 heavy (non-hydrogen) atoms. The van der Waals surface area contributed by atoms with Crippen LogP contribution in [0, 0.1) is 0 Å². The maximum atomic E-state index is 6.23. The summed E-state index contributed by atoms with van der Waals surface area (Å²) in [6.07, 6.45) is 9.79. The quantitative estimate of drug-likeness (QED) is 0.832. The predicted octanol–water partition coefficient (Wildman–Crippen LogP) is 4.00. The van der Waals surface area contributed by atoms with E-state index in [-0.39, 0.29) is 0 Å². The average molecular weight is 296 g/mol. The standard InChI is InChI=1S/C16H26ClN3/c1-3-18-11-13-10-16(19-12-15(13)17)20(2)14-8-6-4-5-7-9-14/h10,12,14,18H,3-9,11H2,1-2H3. The number of aromatic nitrogens is 1. The molecule has 0 saturated heterocycles. The van der Waals surface area contributed by atoms with Gasteiger partial charge in [0.2, 0.25) is 0 Å². The van der Waals surface area contributed by atoms with E-state index >= 15 is 0 Å². The number of nitrogens with zero attached hydrogens (tertiary/aromatic N) is 2. The highest BCUT2D eigenvalue weighted by atomic mass is 35.5. The fourth-order valence-electron chi connectivity index (χ4n) is 2.89. The van der Waals surface area contributed by atoms with Crippen molar-refractivity contribution in [3.63, 3.8) is 0 Å². The molecule has 0 aromatic carbocycles. The highest BCUT2D eigenvalue weighted by molar-refractivity contribution is 6.31. The highest BCUT2D eigenvalue weighted by Gasteiger charge is 2.18. The van der Waals surface area contributed by atoms with Crippen LogP contribution in [0.3, 0.4) is 0 Å². The van der Waals surface area contributed by atoms with Gasteiger partial charge in [-0.1, -0.05) is 44.2 Å². The molecule has 0 aliphatic heterocycles. The minimum absolute atomic E-state index is 0.623. The molecular weight excluding hydrogens is 270 g/mol. The van der Waals surface area contributed by atoms with Gasteiger partial charge in [-0.2, -0.15) is 0 Å². The zero-order chi connectivity index (χ0) is 14.4. The van der Waals surface area contributed by atoms with E-state index in [2.05, 4.69) is 35.2 Å². The third kappa shape index (κ3) is 4.10. The van der Waals surface area contributed by atoms with E-state index in [0.717, 1.165) is 29.5 Å². The molecule has 1 aliphatic rings. The number of pyridine rings is 1. The minimum Gasteiger partial charge on any atom is -0.357 e. The molecule has 1 aromatic heterocycles. The predicted molar refractivity (Wildman–Crippen MR) is 86.5 cm³/mol. The van der Waals surface area contributed by atoms with Crippen LogP contribution in [0.4, 0.5) is 5.82 Å². The number of anilines is 1. The Morgan fingerprint density at radius 1 is 1.30 bits per heavy atom. The van der Waals surface area contributed by atoms with Crippen LogP contribution in [0.1, 0.15) is 51.0 Å². The molecule has 4 heteroatoms. The number of hydrogen-bond acceptors (Lipinski definition) is 3. The van der Waals surface area contributed by atoms with Crippen LogP contribution in [0.15, 0.2) is 12.3 Å². The summed E-state index contributed by atoms with van der Waals surface area (Å²) in [7, 11) is 2.17. The van der Waals surface area contributed by atoms with Crippen LogP contribution in [0.2, 0.25) is 5.02 Å². The molecule has 1 fully saturated rings. The molecule has 0 spiro atoms. The van der Waals surface area contributed by atoms with Gasteiger partial charge in [0.15, 0.2) is 0 Å². The summed E-state index contributed by atoms with van der Waals surface area (Å²) >= 11 is 6.23. The van der Waals surface area contributed by atoms with Gasteiger partial charge >= 0.3 is 0 Å². The first-order chi connectivity index (χ1) is 9.72. The van der Waals surface area contributed by atoms with E-state index in [1.807, 2.05) is 0 Å². The lowest BCUT2D eigenvalue weighted by Crippen LogP contribution is -2.31. The van der Waals surface area contributed by atoms with Gasteiger partial charge in [0.05, 0.1) is 5.02 Å². The number of rotatable bonds is 5. The van der Waals surface area contributed by atoms with Crippen molar-refractivity contribution in [2.75, 3.05) is 18.5 Å². The summed E-state index contributed by atoms with van der Waals surface area (Å²) in [5.74, 6) is 1.05. The van der Waals surface area contributed by atoms with E-state index < -0.39 is 0 Å². The van der Waals surface area contributed by atoms with E-state index in [1.165, 1.54) is 38.5 Å². The van der Waals surface area contributed by atoms with Crippen LogP contribution >= 0.6 is 11.6 Å². The maximum absolute atomic E-state index is 6.23. The van der Waals surface area contributed by atoms with E-state index in [4.69, 9.17) is 11.6 Å². The van der Waals surface area contributed by atoms with Gasteiger partial charge in [-0.05, 0) is 31.0 Å². The fraction of sp³-hybridized carbons (Fsp3) is 0.688. The normalized spacial score (nSPS) is 16.9. The second-order valence-corrected chi connectivity index (χ2v) is 6.08. The number of hydrogen-bond donors (Lipinski definition) is 1. The molecule has 0 bridgehead atoms. The lowest BCUT2D eigenvalue weighted by molar-refractivity contribution is 0.549. The summed E-state index contributed by atoms with van der Waals surface area (Å²) in [6.45, 7) is 3.86. The molecule has 0 amide bonds. The van der Waals surface area contributed by atoms with Gasteiger partial charge in [0, 0.05) is 25.8 Å². The summed E-state index contributed by atoms with van der Waals surface area (Å²) < 4.78 is 0. The summed E-state index contributed by atoms with van der Waals surface area (Å²) in [5, 5.41) is 4.08. The van der Waals surface area contributed by atoms with E-state index in [0.29, 0.717) is 6.04 Å². The van der Waals surface area contributed by atoms with Crippen LogP contribution < -0.4 is 10.2 Å². The highest BCUT2D eigenvalue weighted by Crippen LogP contribution is 2.26. The summed E-state index contributed by atoms with van der Waals surface area (Å²) in [4.78, 5) is 6.86. The van der Waals surface area contributed by atoms with Crippen molar-refractivity contribution in [1.82, 2.24) is 10.3 Å². The fourth-order valence-corrected chi connectivity index (χ4v) is 3.06. The Morgan fingerprint density at radius 3 is 2.65 bits per heavy atom. The summed E-state index contributed by atoms with van der Waals surface area (Å²) in [5.41, 5.74) is 1.14. The first kappa shape index (κ1) is 15.6. The Hall–Kier alpha value is -0.800. The third-order valence-corrected chi connectivity index (χ3v) is 4.56. The topological polar surface area (TPSA) is 28.2 Å². The molecular formula is C16H26ClN3. The molecule has 0 radical (unpaired) electrons. The Morgan fingerprint density at radius 2 is 2.00 bits per heavy atom. The Balaban J connectivity index is 2.10. The molecule has 1 aliphatic carbocycles. The van der Waals surface area contributed by atoms with Crippen molar-refractivity contribution in [3.8, 4) is 0 Å². The van der Waals surface area contributed by atoms with Gasteiger partial charge in [-0.15, -0.1) is 0 Å². The number of nitrogens with one attached hydrogen (secondary N) is 1. The average Bonchev–Trinajstić information content (AvgIpc) is 2.75. The molecule has 0 unspecified atom stereocenters. The smallest absolute Gasteiger partial charge is 0.128 e. The number of halogens is 1. The van der Waals surface area contributed by atoms with Gasteiger partial charge in [-0.3, -0.25) is 0 Å². The first-order valence-electron chi connectivity index (χ1n) is 7.80. The largest absolute Gasteiger partial charge is 0.357 e. The monoisotopic (exact) mass is 295 g/mol. The first-order valence-corrected chi connectivity index (χ1v) is 8.18. The molecule has 3 nitrogen and oxygen atoms in total. The van der Waals surface area contributed by atoms with Crippen LogP contribution in [0.25, 0.3) is 0 Å². The molecule has 1 N–H and O–H groups in total. The second-order valence-electron chi connectivity index (χ2n) is 5.67. The Kier molecular flexibility index (Phi) is 6.11. The maximum Gasteiger partial charge on any atom is 0.128 e. The zero-order valence-electron chi connectivity index (χ0n) is 12.7. The van der Waals surface area contributed by atoms with Crippen molar-refractivity contribution in [2.45, 2.75) is 58.0 Å². The van der Waals surface area contributed by atoms with Crippen molar-refractivity contribution in [2.24, 2.45) is 0 Å². The molecule has 1 saturated carbocycles. The van der Waals surface area contributed by atoms with Crippen molar-refractivity contribution >= 4 is 17.4 Å². The van der Waals surface area contributed by atoms with Crippen LogP contribution in [0.5, 0.6) is 0 Å². The molecule has 2 rings (SSSR count). The molecule has 0 atom stereocenters. The zero-order valence-corrected chi connectivity index (χ0v) is 13.4. The SMILES string of the molecule is CCNCc1cc(N(C)C2CCCCCC2)ncc1Cl. The van der Waals surface area contributed by atoms with Gasteiger partial charge in [-0.25, -0.2) is 4.98 Å². The summed E-state index contributed by atoms with van der Waals surface area (Å²) in [6, 6.07) is 2.76. The lowest BCUT2D eigenvalue weighted by atomic mass is 10.1. The second kappa shape index (κ2) is 7.84. The molecule has 112 valence electrons. The molecule has 1 heterocycles. The van der Waals surface area contributed by atoms with Gasteiger partial charge < -0.3 is 10.2 Å². The van der Waals surface area contributed by atoms with E-state index in [9.17, 15) is 0 Å². The Labute approximate surface area is 127 Å². The van der Waals surface area contributed by atoms with Crippen molar-refractivity contribution in [1.29, 1.82) is 0 Å². The minimum atomic E-state index is 0.623. The van der Waals surface area contributed by atoms with Gasteiger partial charge in [0.25, 0.3) is 0 Å². The molecule has 1 aromatic rings. The van der Waals surface area contributed by atoms with Crippen molar-refractivity contribution < 1.29 is 0 Å². The lowest BCUT2D eigenvalue weighted by Gasteiger charge is -2.28. The van der Waals surface area contributed by atoms with Crippen LogP contribution in [-0.4, -0.2) is 24.6 Å². The third-order valence-electron chi connectivity index (χ3n) is 4.22. The van der Waals surface area contributed by atoms with Crippen molar-refractivity contribution in [3.05, 3.63) is 22.8 Å². The van der Waals surface area contributed by atoms with Gasteiger partial charge in [0.1, 0.15) is 5.82 Å². The Bertz CT molecular complexity index is 414.